The minimum absolute atomic E-state index is 0. The fraction of sp³-hybridized carbons (Fsp3) is 0.400. The van der Waals surface area contributed by atoms with Gasteiger partial charge in [0.05, 0.1) is 30.4 Å². The maximum Gasteiger partial charge on any atom is 1.00 e. The van der Waals surface area contributed by atoms with Gasteiger partial charge in [-0.05, 0) is 24.3 Å². The number of hydrogen-bond acceptors (Lipinski definition) is 9. The molecule has 0 radical (unpaired) electrons. The monoisotopic (exact) mass is 648 g/mol. The Labute approximate surface area is 267 Å². The molecule has 230 valence electrons. The van der Waals surface area contributed by atoms with Crippen LogP contribution in [-0.4, -0.2) is 75.9 Å². The summed E-state index contributed by atoms with van der Waals surface area (Å²) in [7, 11) is 0. The molecule has 1 aliphatic heterocycles. The van der Waals surface area contributed by atoms with Gasteiger partial charge in [0.25, 0.3) is 5.91 Å². The minimum atomic E-state index is -3.20. The molecule has 43 heavy (non-hydrogen) atoms. The van der Waals surface area contributed by atoms with Crippen molar-refractivity contribution in [3.05, 3.63) is 69.5 Å². The number of carboxylic acids is 1. The number of amides is 2. The number of carbonyl (C=O) groups excluding carboxylic acids is 3. The van der Waals surface area contributed by atoms with Crippen molar-refractivity contribution in [3.63, 3.8) is 0 Å². The summed E-state index contributed by atoms with van der Waals surface area (Å²) in [5, 5.41) is 48.9. The molecule has 11 nitrogen and oxygen atoms in total. The summed E-state index contributed by atoms with van der Waals surface area (Å²) in [5.41, 5.74) is -1.48. The van der Waals surface area contributed by atoms with Crippen LogP contribution in [0, 0.1) is 29.1 Å². The van der Waals surface area contributed by atoms with Gasteiger partial charge in [-0.15, -0.1) is 0 Å². The second-order valence-corrected chi connectivity index (χ2v) is 9.67. The molecule has 0 aliphatic carbocycles. The molecular weight excluding hydrogens is 626 g/mol. The average molecular weight is 649 g/mol. The van der Waals surface area contributed by atoms with Gasteiger partial charge in [0, 0.05) is 30.5 Å². The number of nitrogens with one attached hydrogen (secondary N) is 2. The fourth-order valence-electron chi connectivity index (χ4n) is 4.15. The topological polar surface area (TPSA) is 177 Å². The second kappa shape index (κ2) is 15.0. The number of carboxylic acid groups (broad SMARTS) is 1. The molecule has 1 saturated heterocycles. The van der Waals surface area contributed by atoms with Crippen molar-refractivity contribution < 1.29 is 95.8 Å². The molecule has 2 amide bonds. The van der Waals surface area contributed by atoms with Crippen LogP contribution in [-0.2, 0) is 25.7 Å². The number of rotatable bonds is 10. The molecule has 1 fully saturated rings. The number of aliphatic hydroxyl groups excluding tert-OH is 3. The first-order valence-electron chi connectivity index (χ1n) is 12.0. The summed E-state index contributed by atoms with van der Waals surface area (Å²) >= 11 is 5.76. The number of halogens is 6. The molecule has 2 aromatic rings. The van der Waals surface area contributed by atoms with Crippen LogP contribution in [0.4, 0.5) is 22.0 Å². The Morgan fingerprint density at radius 3 is 2.12 bits per heavy atom. The summed E-state index contributed by atoms with van der Waals surface area (Å²) in [4.78, 5) is 36.2. The van der Waals surface area contributed by atoms with Crippen molar-refractivity contribution in [3.8, 4) is 0 Å². The summed E-state index contributed by atoms with van der Waals surface area (Å²) in [6, 6.07) is 3.88. The number of aliphatic hydroxyl groups is 3. The van der Waals surface area contributed by atoms with Crippen LogP contribution >= 0.6 is 11.6 Å². The van der Waals surface area contributed by atoms with Gasteiger partial charge in [0.2, 0.25) is 17.5 Å². The molecule has 0 saturated carbocycles. The standard InChI is InChI=1S/C25H24ClF5N2O9.Na/c1-9(34)33-20-13(35)6-25(24(39)40,41-8-12-15(27)17(29)19(31)18(30)16(12)28)42-22(20)21(37)14(36)7-32-23(38)10-2-4-11(26)5-3-10;/h2-5,13-14,20-22,35-37H,6-8H2,1H3,(H,32,38)(H,33,34)(H,39,40);/q;+1/p-1/t13-,14+,20+,21+,22+,25+;/m0./s1. The van der Waals surface area contributed by atoms with Crippen molar-refractivity contribution in [2.24, 2.45) is 0 Å². The molecule has 0 bridgehead atoms. The van der Waals surface area contributed by atoms with Crippen LogP contribution in [0.3, 0.4) is 0 Å². The van der Waals surface area contributed by atoms with Crippen LogP contribution in [0.15, 0.2) is 24.3 Å². The Morgan fingerprint density at radius 2 is 1.60 bits per heavy atom. The Kier molecular flexibility index (Phi) is 12.9. The van der Waals surface area contributed by atoms with E-state index < -0.39 is 108 Å². The van der Waals surface area contributed by atoms with E-state index >= 15 is 0 Å². The molecule has 1 aliphatic rings. The zero-order valence-electron chi connectivity index (χ0n) is 22.4. The largest absolute Gasteiger partial charge is 1.00 e. The molecule has 18 heteroatoms. The van der Waals surface area contributed by atoms with Crippen LogP contribution in [0.5, 0.6) is 0 Å². The Bertz CT molecular complexity index is 1330. The van der Waals surface area contributed by atoms with Crippen molar-refractivity contribution in [2.45, 2.75) is 56.2 Å². The second-order valence-electron chi connectivity index (χ2n) is 9.23. The fourth-order valence-corrected chi connectivity index (χ4v) is 4.27. The van der Waals surface area contributed by atoms with E-state index in [1.54, 1.807) is 0 Å². The maximum absolute atomic E-state index is 14.2. The summed E-state index contributed by atoms with van der Waals surface area (Å²) < 4.78 is 79.1. The van der Waals surface area contributed by atoms with Crippen LogP contribution in [0.25, 0.3) is 0 Å². The summed E-state index contributed by atoms with van der Waals surface area (Å²) in [6.45, 7) is -1.31. The van der Waals surface area contributed by atoms with E-state index in [0.29, 0.717) is 5.02 Å². The summed E-state index contributed by atoms with van der Waals surface area (Å²) in [5.74, 6) is -18.9. The molecule has 0 spiro atoms. The van der Waals surface area contributed by atoms with Gasteiger partial charge in [0.1, 0.15) is 18.2 Å². The van der Waals surface area contributed by atoms with Crippen molar-refractivity contribution >= 4 is 29.4 Å². The maximum atomic E-state index is 14.2. The molecule has 0 unspecified atom stereocenters. The van der Waals surface area contributed by atoms with Crippen LogP contribution in [0.1, 0.15) is 29.3 Å². The Hall–Kier alpha value is -2.41. The van der Waals surface area contributed by atoms with E-state index in [2.05, 4.69) is 10.6 Å². The van der Waals surface area contributed by atoms with Gasteiger partial charge >= 0.3 is 29.6 Å². The number of aliphatic carboxylic acids is 1. The van der Waals surface area contributed by atoms with Crippen molar-refractivity contribution in [2.75, 3.05) is 6.54 Å². The molecule has 6 atom stereocenters. The van der Waals surface area contributed by atoms with Gasteiger partial charge in [0.15, 0.2) is 23.3 Å². The van der Waals surface area contributed by atoms with Crippen LogP contribution in [0.2, 0.25) is 5.02 Å². The molecular formula is C25H23ClF5N2NaO9. The quantitative estimate of drug-likeness (QED) is 0.0769. The van der Waals surface area contributed by atoms with E-state index in [1.807, 2.05) is 0 Å². The molecule has 1 heterocycles. The molecule has 0 aromatic heterocycles. The number of ether oxygens (including phenoxy) is 2. The van der Waals surface area contributed by atoms with E-state index in [0.717, 1.165) is 6.92 Å². The van der Waals surface area contributed by atoms with Gasteiger partial charge in [-0.1, -0.05) is 11.6 Å². The number of carbonyl (C=O) groups is 3. The predicted molar refractivity (Wildman–Crippen MR) is 128 cm³/mol. The average Bonchev–Trinajstić information content (AvgIpc) is 2.94. The van der Waals surface area contributed by atoms with E-state index in [4.69, 9.17) is 21.1 Å². The SMILES string of the molecule is CC(=O)N[C@H]1[C@H]([C@H](O)[C@H](O)CNC(=O)c2ccc(Cl)cc2)O[C@@](OCc2c(F)c(F)c(F)c(F)c2F)(C(=O)[O-])C[C@@H]1O.[Na+]. The molecule has 3 rings (SSSR count). The zero-order chi connectivity index (χ0) is 31.5. The van der Waals surface area contributed by atoms with Gasteiger partial charge in [-0.3, -0.25) is 9.59 Å². The summed E-state index contributed by atoms with van der Waals surface area (Å²) in [6.07, 6.45) is -9.31. The first kappa shape index (κ1) is 36.8. The van der Waals surface area contributed by atoms with Crippen LogP contribution < -0.4 is 45.3 Å². The third kappa shape index (κ3) is 8.20. The normalized spacial score (nSPS) is 23.1. The van der Waals surface area contributed by atoms with Gasteiger partial charge in [-0.25, -0.2) is 22.0 Å². The third-order valence-corrected chi connectivity index (χ3v) is 6.57. The van der Waals surface area contributed by atoms with Gasteiger partial charge in [-0.2, -0.15) is 0 Å². The first-order chi connectivity index (χ1) is 19.6. The number of hydrogen-bond donors (Lipinski definition) is 5. The minimum Gasteiger partial charge on any atom is -0.544 e. The smallest absolute Gasteiger partial charge is 0.544 e. The third-order valence-electron chi connectivity index (χ3n) is 6.31. The molecule has 2 aromatic carbocycles. The first-order valence-corrected chi connectivity index (χ1v) is 12.4. The van der Waals surface area contributed by atoms with Crippen molar-refractivity contribution in [1.82, 2.24) is 10.6 Å². The van der Waals surface area contributed by atoms with E-state index in [-0.39, 0.29) is 35.1 Å². The van der Waals surface area contributed by atoms with E-state index in [9.17, 15) is 56.8 Å². The predicted octanol–water partition coefficient (Wildman–Crippen LogP) is -3.19. The molecule has 5 N–H and O–H groups in total. The number of benzene rings is 2. The zero-order valence-corrected chi connectivity index (χ0v) is 25.1. The van der Waals surface area contributed by atoms with Crippen molar-refractivity contribution in [1.29, 1.82) is 0 Å². The Balaban J connectivity index is 0.00000645. The Morgan fingerprint density at radius 1 is 1.07 bits per heavy atom. The van der Waals surface area contributed by atoms with E-state index in [1.165, 1.54) is 24.3 Å². The van der Waals surface area contributed by atoms with Gasteiger partial charge < -0.3 is 45.3 Å².